The number of nitrogens with two attached hydrogens (primary N) is 1. The normalized spacial score (nSPS) is 20.9. The van der Waals surface area contributed by atoms with Gasteiger partial charge in [-0.3, -0.25) is 0 Å². The summed E-state index contributed by atoms with van der Waals surface area (Å²) in [5, 5.41) is 0. The highest BCUT2D eigenvalue weighted by Gasteiger charge is 2.25. The van der Waals surface area contributed by atoms with Gasteiger partial charge in [0.05, 0.1) is 0 Å². The zero-order valence-corrected chi connectivity index (χ0v) is 13.2. The molecule has 1 saturated heterocycles. The number of hydrogen-bond donors (Lipinski definition) is 1. The van der Waals surface area contributed by atoms with E-state index < -0.39 is 0 Å². The van der Waals surface area contributed by atoms with Crippen LogP contribution in [0, 0.1) is 0 Å². The Hall–Kier alpha value is -0.670. The molecule has 0 bridgehead atoms. The molecule has 0 spiro atoms. The van der Waals surface area contributed by atoms with Gasteiger partial charge in [-0.25, -0.2) is 0 Å². The molecule has 1 atom stereocenters. The Morgan fingerprint density at radius 2 is 2.05 bits per heavy atom. The number of thioether (sulfide) groups is 1. The molecule has 0 aliphatic carbocycles. The lowest BCUT2D eigenvalue weighted by atomic mass is 10.0. The Kier molecular flexibility index (Phi) is 4.80. The minimum atomic E-state index is 0.153. The summed E-state index contributed by atoms with van der Waals surface area (Å²) in [6, 6.07) is 8.80. The van der Waals surface area contributed by atoms with Crippen molar-refractivity contribution in [2.24, 2.45) is 5.73 Å². The summed E-state index contributed by atoms with van der Waals surface area (Å²) in [7, 11) is 0. The van der Waals surface area contributed by atoms with Crippen LogP contribution in [0.5, 0.6) is 0 Å². The van der Waals surface area contributed by atoms with Crippen molar-refractivity contribution in [3.05, 3.63) is 29.8 Å². The number of anilines is 1. The van der Waals surface area contributed by atoms with Gasteiger partial charge in [0.25, 0.3) is 0 Å². The summed E-state index contributed by atoms with van der Waals surface area (Å²) in [5.74, 6) is 1.20. The number of rotatable bonds is 3. The van der Waals surface area contributed by atoms with Crippen molar-refractivity contribution in [3.8, 4) is 0 Å². The van der Waals surface area contributed by atoms with Crippen molar-refractivity contribution in [2.75, 3.05) is 23.7 Å². The van der Waals surface area contributed by atoms with Crippen molar-refractivity contribution in [1.29, 1.82) is 0 Å². The van der Waals surface area contributed by atoms with Crippen LogP contribution in [0.3, 0.4) is 0 Å². The predicted molar refractivity (Wildman–Crippen MR) is 87.0 cm³/mol. The van der Waals surface area contributed by atoms with Gasteiger partial charge in [-0.1, -0.05) is 39.0 Å². The molecule has 3 heteroatoms. The maximum atomic E-state index is 6.26. The largest absolute Gasteiger partial charge is 0.370 e. The molecule has 0 saturated carbocycles. The Bertz CT molecular complexity index is 417. The van der Waals surface area contributed by atoms with Gasteiger partial charge in [-0.05, 0) is 24.5 Å². The molecular formula is C16H26N2S. The summed E-state index contributed by atoms with van der Waals surface area (Å²) < 4.78 is 0.399. The lowest BCUT2D eigenvalue weighted by molar-refractivity contribution is 0.632. The molecule has 0 aromatic heterocycles. The van der Waals surface area contributed by atoms with Crippen LogP contribution in [-0.2, 0) is 0 Å². The van der Waals surface area contributed by atoms with Crippen molar-refractivity contribution in [1.82, 2.24) is 0 Å². The fraction of sp³-hybridized carbons (Fsp3) is 0.625. The Morgan fingerprint density at radius 3 is 2.79 bits per heavy atom. The maximum absolute atomic E-state index is 6.26. The van der Waals surface area contributed by atoms with E-state index in [4.69, 9.17) is 5.73 Å². The standard InChI is InChI=1S/C16H26N2S/c1-4-14(17)13-7-5-6-8-15(13)18-10-9-16(2,3)19-12-11-18/h5-8,14H,4,9-12,17H2,1-3H3/t14-/m1/s1. The van der Waals surface area contributed by atoms with Crippen LogP contribution < -0.4 is 10.6 Å². The first-order chi connectivity index (χ1) is 9.03. The molecular weight excluding hydrogens is 252 g/mol. The quantitative estimate of drug-likeness (QED) is 0.911. The molecule has 2 rings (SSSR count). The summed E-state index contributed by atoms with van der Waals surface area (Å²) in [6.45, 7) is 9.12. The highest BCUT2D eigenvalue weighted by atomic mass is 32.2. The third-order valence-electron chi connectivity index (χ3n) is 3.95. The first-order valence-corrected chi connectivity index (χ1v) is 8.25. The van der Waals surface area contributed by atoms with E-state index in [1.807, 2.05) is 0 Å². The monoisotopic (exact) mass is 278 g/mol. The molecule has 1 fully saturated rings. The third-order valence-corrected chi connectivity index (χ3v) is 5.33. The second-order valence-electron chi connectivity index (χ2n) is 5.92. The molecule has 0 unspecified atom stereocenters. The topological polar surface area (TPSA) is 29.3 Å². The Labute approximate surface area is 121 Å². The van der Waals surface area contributed by atoms with Crippen LogP contribution in [0.25, 0.3) is 0 Å². The first kappa shape index (κ1) is 14.7. The molecule has 0 amide bonds. The van der Waals surface area contributed by atoms with Gasteiger partial charge >= 0.3 is 0 Å². The van der Waals surface area contributed by atoms with E-state index in [9.17, 15) is 0 Å². The zero-order chi connectivity index (χ0) is 13.9. The average molecular weight is 278 g/mol. The molecule has 1 aromatic rings. The maximum Gasteiger partial charge on any atom is 0.0414 e. The molecule has 2 nitrogen and oxygen atoms in total. The highest BCUT2D eigenvalue weighted by molar-refractivity contribution is 8.00. The van der Waals surface area contributed by atoms with Gasteiger partial charge in [0, 0.05) is 35.3 Å². The second kappa shape index (κ2) is 6.19. The van der Waals surface area contributed by atoms with E-state index in [1.54, 1.807) is 0 Å². The van der Waals surface area contributed by atoms with Gasteiger partial charge in [0.15, 0.2) is 0 Å². The van der Waals surface area contributed by atoms with Crippen LogP contribution in [0.2, 0.25) is 0 Å². The third kappa shape index (κ3) is 3.67. The van der Waals surface area contributed by atoms with E-state index in [-0.39, 0.29) is 6.04 Å². The predicted octanol–water partition coefficient (Wildman–Crippen LogP) is 3.82. The van der Waals surface area contributed by atoms with Crippen molar-refractivity contribution in [3.63, 3.8) is 0 Å². The van der Waals surface area contributed by atoms with E-state index in [1.165, 1.54) is 23.4 Å². The van der Waals surface area contributed by atoms with Gasteiger partial charge in [-0.15, -0.1) is 0 Å². The lowest BCUT2D eigenvalue weighted by Crippen LogP contribution is -2.28. The lowest BCUT2D eigenvalue weighted by Gasteiger charge is -2.28. The Morgan fingerprint density at radius 1 is 1.32 bits per heavy atom. The summed E-state index contributed by atoms with van der Waals surface area (Å²) in [6.07, 6.45) is 2.22. The molecule has 1 aromatic carbocycles. The van der Waals surface area contributed by atoms with Crippen LogP contribution in [0.4, 0.5) is 5.69 Å². The molecule has 1 heterocycles. The molecule has 2 N–H and O–H groups in total. The van der Waals surface area contributed by atoms with Crippen molar-refractivity contribution < 1.29 is 0 Å². The fourth-order valence-corrected chi connectivity index (χ4v) is 3.67. The summed E-state index contributed by atoms with van der Waals surface area (Å²) >= 11 is 2.09. The van der Waals surface area contributed by atoms with Crippen LogP contribution in [-0.4, -0.2) is 23.6 Å². The number of para-hydroxylation sites is 1. The minimum absolute atomic E-state index is 0.153. The molecule has 1 aliphatic heterocycles. The van der Waals surface area contributed by atoms with E-state index >= 15 is 0 Å². The molecule has 1 aliphatic rings. The summed E-state index contributed by atoms with van der Waals surface area (Å²) in [4.78, 5) is 2.52. The van der Waals surface area contributed by atoms with Crippen LogP contribution in [0.1, 0.15) is 45.2 Å². The molecule has 106 valence electrons. The minimum Gasteiger partial charge on any atom is -0.370 e. The Balaban J connectivity index is 2.22. The fourth-order valence-electron chi connectivity index (χ4n) is 2.57. The average Bonchev–Trinajstić information content (AvgIpc) is 2.59. The number of benzene rings is 1. The molecule has 0 radical (unpaired) electrons. The van der Waals surface area contributed by atoms with Gasteiger partial charge in [-0.2, -0.15) is 11.8 Å². The number of nitrogens with zero attached hydrogens (tertiary/aromatic N) is 1. The van der Waals surface area contributed by atoms with E-state index in [0.29, 0.717) is 4.75 Å². The summed E-state index contributed by atoms with van der Waals surface area (Å²) in [5.41, 5.74) is 8.91. The SMILES string of the molecule is CC[C@@H](N)c1ccccc1N1CCSC(C)(C)CC1. The van der Waals surface area contributed by atoms with Crippen LogP contribution >= 0.6 is 11.8 Å². The number of hydrogen-bond acceptors (Lipinski definition) is 3. The smallest absolute Gasteiger partial charge is 0.0414 e. The van der Waals surface area contributed by atoms with E-state index in [0.717, 1.165) is 19.5 Å². The highest BCUT2D eigenvalue weighted by Crippen LogP contribution is 2.34. The zero-order valence-electron chi connectivity index (χ0n) is 12.4. The van der Waals surface area contributed by atoms with Crippen molar-refractivity contribution in [2.45, 2.75) is 44.4 Å². The van der Waals surface area contributed by atoms with E-state index in [2.05, 4.69) is 61.7 Å². The van der Waals surface area contributed by atoms with Crippen LogP contribution in [0.15, 0.2) is 24.3 Å². The second-order valence-corrected chi connectivity index (χ2v) is 7.72. The van der Waals surface area contributed by atoms with Gasteiger partial charge < -0.3 is 10.6 Å². The van der Waals surface area contributed by atoms with Crippen molar-refractivity contribution >= 4 is 17.4 Å². The van der Waals surface area contributed by atoms with Gasteiger partial charge in [0.1, 0.15) is 0 Å². The van der Waals surface area contributed by atoms with Gasteiger partial charge in [0.2, 0.25) is 0 Å². The first-order valence-electron chi connectivity index (χ1n) is 7.27. The molecule has 19 heavy (non-hydrogen) atoms.